The monoisotopic (exact) mass is 185 g/mol. The van der Waals surface area contributed by atoms with Gasteiger partial charge in [-0.05, 0) is 25.0 Å². The van der Waals surface area contributed by atoms with Gasteiger partial charge in [-0.25, -0.2) is 4.98 Å². The highest BCUT2D eigenvalue weighted by Crippen LogP contribution is 2.40. The van der Waals surface area contributed by atoms with E-state index >= 15 is 0 Å². The topological polar surface area (TPSA) is 26.0 Å². The summed E-state index contributed by atoms with van der Waals surface area (Å²) in [5.41, 5.74) is 2.17. The van der Waals surface area contributed by atoms with Gasteiger partial charge in [-0.2, -0.15) is 0 Å². The second kappa shape index (κ2) is 2.98. The molecule has 1 aliphatic carbocycles. The van der Waals surface area contributed by atoms with Gasteiger partial charge in [0.25, 0.3) is 0 Å². The molecule has 0 aliphatic heterocycles. The van der Waals surface area contributed by atoms with Gasteiger partial charge in [0.2, 0.25) is 5.89 Å². The maximum absolute atomic E-state index is 5.44. The van der Waals surface area contributed by atoms with E-state index in [1.54, 1.807) is 6.26 Å². The van der Waals surface area contributed by atoms with E-state index in [-0.39, 0.29) is 0 Å². The van der Waals surface area contributed by atoms with Crippen molar-refractivity contribution in [1.29, 1.82) is 0 Å². The van der Waals surface area contributed by atoms with E-state index in [9.17, 15) is 0 Å². The number of rotatable bonds is 2. The zero-order chi connectivity index (χ0) is 9.38. The van der Waals surface area contributed by atoms with Crippen LogP contribution in [-0.2, 0) is 0 Å². The molecule has 0 bridgehead atoms. The minimum atomic E-state index is 0.663. The van der Waals surface area contributed by atoms with Crippen molar-refractivity contribution in [1.82, 2.24) is 4.98 Å². The fraction of sp³-hybridized carbons (Fsp3) is 0.250. The number of oxazole rings is 1. The lowest BCUT2D eigenvalue weighted by atomic mass is 10.2. The molecule has 14 heavy (non-hydrogen) atoms. The van der Waals surface area contributed by atoms with Crippen LogP contribution in [0.15, 0.2) is 41.0 Å². The summed E-state index contributed by atoms with van der Waals surface area (Å²) in [4.78, 5) is 4.48. The summed E-state index contributed by atoms with van der Waals surface area (Å²) in [6.45, 7) is 0. The van der Waals surface area contributed by atoms with Crippen LogP contribution in [-0.4, -0.2) is 4.98 Å². The third-order valence-electron chi connectivity index (χ3n) is 2.54. The van der Waals surface area contributed by atoms with Crippen molar-refractivity contribution >= 4 is 0 Å². The van der Waals surface area contributed by atoms with Crippen molar-refractivity contribution in [3.63, 3.8) is 0 Å². The molecule has 2 heteroatoms. The first-order chi connectivity index (χ1) is 6.93. The third-order valence-corrected chi connectivity index (χ3v) is 2.54. The summed E-state index contributed by atoms with van der Waals surface area (Å²) in [6, 6.07) is 10.0. The molecule has 0 radical (unpaired) electrons. The first-order valence-corrected chi connectivity index (χ1v) is 4.94. The lowest BCUT2D eigenvalue weighted by molar-refractivity contribution is 0.572. The summed E-state index contributed by atoms with van der Waals surface area (Å²) >= 11 is 0. The summed E-state index contributed by atoms with van der Waals surface area (Å²) in [5.74, 6) is 1.41. The predicted molar refractivity (Wildman–Crippen MR) is 53.9 cm³/mol. The lowest BCUT2D eigenvalue weighted by Crippen LogP contribution is -1.79. The van der Waals surface area contributed by atoms with Crippen LogP contribution in [0.25, 0.3) is 11.5 Å². The fourth-order valence-electron chi connectivity index (χ4n) is 1.57. The molecule has 0 unspecified atom stereocenters. The Morgan fingerprint density at radius 2 is 1.93 bits per heavy atom. The highest BCUT2D eigenvalue weighted by molar-refractivity contribution is 5.52. The molecule has 1 aliphatic rings. The van der Waals surface area contributed by atoms with Crippen LogP contribution in [0.2, 0.25) is 0 Å². The first-order valence-electron chi connectivity index (χ1n) is 4.94. The van der Waals surface area contributed by atoms with Crippen molar-refractivity contribution in [2.75, 3.05) is 0 Å². The molecule has 1 saturated carbocycles. The van der Waals surface area contributed by atoms with E-state index in [1.165, 1.54) is 12.8 Å². The molecule has 0 spiro atoms. The van der Waals surface area contributed by atoms with Crippen molar-refractivity contribution in [3.8, 4) is 11.5 Å². The molecule has 2 nitrogen and oxygen atoms in total. The van der Waals surface area contributed by atoms with Gasteiger partial charge in [0.1, 0.15) is 6.26 Å². The maximum Gasteiger partial charge on any atom is 0.226 e. The Balaban J connectivity index is 1.96. The molecule has 1 fully saturated rings. The Kier molecular flexibility index (Phi) is 1.66. The number of nitrogens with zero attached hydrogens (tertiary/aromatic N) is 1. The molecule has 3 rings (SSSR count). The lowest BCUT2D eigenvalue weighted by Gasteiger charge is -1.91. The number of hydrogen-bond acceptors (Lipinski definition) is 2. The molecule has 0 saturated heterocycles. The minimum Gasteiger partial charge on any atom is -0.444 e. The van der Waals surface area contributed by atoms with Crippen molar-refractivity contribution in [3.05, 3.63) is 42.3 Å². The van der Waals surface area contributed by atoms with Gasteiger partial charge in [-0.1, -0.05) is 18.2 Å². The van der Waals surface area contributed by atoms with E-state index in [0.717, 1.165) is 17.1 Å². The minimum absolute atomic E-state index is 0.663. The van der Waals surface area contributed by atoms with Crippen LogP contribution >= 0.6 is 0 Å². The van der Waals surface area contributed by atoms with Gasteiger partial charge < -0.3 is 4.42 Å². The van der Waals surface area contributed by atoms with E-state index in [0.29, 0.717) is 5.92 Å². The predicted octanol–water partition coefficient (Wildman–Crippen LogP) is 3.22. The molecular weight excluding hydrogens is 174 g/mol. The quantitative estimate of drug-likeness (QED) is 0.718. The van der Waals surface area contributed by atoms with Crippen molar-refractivity contribution in [2.24, 2.45) is 0 Å². The summed E-state index contributed by atoms with van der Waals surface area (Å²) in [6.07, 6.45) is 4.32. The highest BCUT2D eigenvalue weighted by atomic mass is 16.3. The van der Waals surface area contributed by atoms with Gasteiger partial charge in [-0.15, -0.1) is 0 Å². The van der Waals surface area contributed by atoms with Crippen LogP contribution in [0, 0.1) is 0 Å². The fourth-order valence-corrected chi connectivity index (χ4v) is 1.57. The normalized spacial score (nSPS) is 15.7. The highest BCUT2D eigenvalue weighted by Gasteiger charge is 2.26. The SMILES string of the molecule is c1ccc(-c2nc(C3CC3)co2)cc1. The molecule has 0 N–H and O–H groups in total. The number of benzene rings is 1. The van der Waals surface area contributed by atoms with Crippen LogP contribution < -0.4 is 0 Å². The van der Waals surface area contributed by atoms with Crippen molar-refractivity contribution in [2.45, 2.75) is 18.8 Å². The molecule has 1 aromatic heterocycles. The van der Waals surface area contributed by atoms with E-state index in [1.807, 2.05) is 30.3 Å². The average molecular weight is 185 g/mol. The summed E-state index contributed by atoms with van der Waals surface area (Å²) in [5, 5.41) is 0. The molecule has 1 aromatic carbocycles. The van der Waals surface area contributed by atoms with E-state index in [4.69, 9.17) is 4.42 Å². The number of hydrogen-bond donors (Lipinski definition) is 0. The van der Waals surface area contributed by atoms with Crippen LogP contribution in [0.1, 0.15) is 24.5 Å². The second-order valence-electron chi connectivity index (χ2n) is 3.72. The van der Waals surface area contributed by atoms with Crippen LogP contribution in [0.5, 0.6) is 0 Å². The second-order valence-corrected chi connectivity index (χ2v) is 3.72. The zero-order valence-corrected chi connectivity index (χ0v) is 7.81. The molecule has 70 valence electrons. The summed E-state index contributed by atoms with van der Waals surface area (Å²) < 4.78 is 5.44. The Labute approximate surface area is 82.6 Å². The average Bonchev–Trinajstić information content (AvgIpc) is 2.98. The Bertz CT molecular complexity index is 429. The smallest absolute Gasteiger partial charge is 0.226 e. The number of aromatic nitrogens is 1. The van der Waals surface area contributed by atoms with Gasteiger partial charge in [0.05, 0.1) is 5.69 Å². The van der Waals surface area contributed by atoms with E-state index < -0.39 is 0 Å². The first kappa shape index (κ1) is 7.80. The maximum atomic E-state index is 5.44. The molecule has 0 amide bonds. The van der Waals surface area contributed by atoms with Crippen molar-refractivity contribution < 1.29 is 4.42 Å². The zero-order valence-electron chi connectivity index (χ0n) is 7.81. The third kappa shape index (κ3) is 1.33. The van der Waals surface area contributed by atoms with Gasteiger partial charge in [0.15, 0.2) is 0 Å². The Hall–Kier alpha value is -1.57. The molecule has 1 heterocycles. The standard InChI is InChI=1S/C12H11NO/c1-2-4-10(5-3-1)12-13-11(8-14-12)9-6-7-9/h1-5,8-9H,6-7H2. The van der Waals surface area contributed by atoms with Gasteiger partial charge in [0, 0.05) is 11.5 Å². The Morgan fingerprint density at radius 1 is 1.14 bits per heavy atom. The van der Waals surface area contributed by atoms with Gasteiger partial charge in [-0.3, -0.25) is 0 Å². The Morgan fingerprint density at radius 3 is 2.64 bits per heavy atom. The molecular formula is C12H11NO. The molecule has 0 atom stereocenters. The van der Waals surface area contributed by atoms with Crippen LogP contribution in [0.3, 0.4) is 0 Å². The van der Waals surface area contributed by atoms with Gasteiger partial charge >= 0.3 is 0 Å². The van der Waals surface area contributed by atoms with E-state index in [2.05, 4.69) is 4.98 Å². The molecule has 2 aromatic rings. The van der Waals surface area contributed by atoms with Crippen LogP contribution in [0.4, 0.5) is 0 Å². The largest absolute Gasteiger partial charge is 0.444 e. The summed E-state index contributed by atoms with van der Waals surface area (Å²) in [7, 11) is 0.